The van der Waals surface area contributed by atoms with Gasteiger partial charge in [-0.2, -0.15) is 0 Å². The molecule has 4 rings (SSSR count). The number of thiophene rings is 1. The van der Waals surface area contributed by atoms with E-state index in [-0.39, 0.29) is 12.5 Å². The molecule has 0 bridgehead atoms. The molecule has 0 atom stereocenters. The van der Waals surface area contributed by atoms with Crippen LogP contribution in [0.5, 0.6) is 0 Å². The van der Waals surface area contributed by atoms with E-state index in [1.807, 2.05) is 47.7 Å². The topological polar surface area (TPSA) is 70.6 Å². The highest BCUT2D eigenvalue weighted by molar-refractivity contribution is 7.16. The van der Waals surface area contributed by atoms with Gasteiger partial charge in [0.05, 0.1) is 25.1 Å². The van der Waals surface area contributed by atoms with E-state index < -0.39 is 0 Å². The van der Waals surface area contributed by atoms with E-state index in [4.69, 9.17) is 4.74 Å². The number of nitrogens with one attached hydrogen (secondary N) is 1. The van der Waals surface area contributed by atoms with Gasteiger partial charge in [0.2, 0.25) is 5.91 Å². The van der Waals surface area contributed by atoms with Crippen LogP contribution in [-0.2, 0) is 9.53 Å². The Morgan fingerprint density at radius 3 is 2.78 bits per heavy atom. The van der Waals surface area contributed by atoms with Crippen LogP contribution >= 0.6 is 11.3 Å². The molecule has 1 aliphatic rings. The van der Waals surface area contributed by atoms with Gasteiger partial charge in [-0.25, -0.2) is 9.97 Å². The first-order chi connectivity index (χ1) is 13.2. The molecular weight excluding hydrogens is 362 g/mol. The highest BCUT2D eigenvalue weighted by atomic mass is 32.1. The van der Waals surface area contributed by atoms with Gasteiger partial charge in [-0.15, -0.1) is 11.3 Å². The second-order valence-electron chi connectivity index (χ2n) is 6.39. The van der Waals surface area contributed by atoms with Crippen LogP contribution in [0.25, 0.3) is 10.2 Å². The largest absolute Gasteiger partial charge is 0.378 e. The van der Waals surface area contributed by atoms with Gasteiger partial charge in [-0.3, -0.25) is 4.79 Å². The summed E-state index contributed by atoms with van der Waals surface area (Å²) in [6.07, 6.45) is 1.53. The van der Waals surface area contributed by atoms with Crippen molar-refractivity contribution in [2.75, 3.05) is 55.0 Å². The summed E-state index contributed by atoms with van der Waals surface area (Å²) in [5.74, 6) is 0.678. The number of anilines is 3. The first-order valence-electron chi connectivity index (χ1n) is 8.82. The molecule has 0 radical (unpaired) electrons. The van der Waals surface area contributed by atoms with Crippen LogP contribution in [0.1, 0.15) is 0 Å². The Hall–Kier alpha value is -2.71. The van der Waals surface area contributed by atoms with Crippen LogP contribution in [0.3, 0.4) is 0 Å². The molecule has 0 aliphatic carbocycles. The Balaban J connectivity index is 1.38. The van der Waals surface area contributed by atoms with Gasteiger partial charge in [-0.1, -0.05) is 0 Å². The molecule has 1 aliphatic heterocycles. The van der Waals surface area contributed by atoms with E-state index in [1.165, 1.54) is 6.33 Å². The van der Waals surface area contributed by atoms with Gasteiger partial charge in [0.1, 0.15) is 17.0 Å². The Morgan fingerprint density at radius 1 is 1.22 bits per heavy atom. The number of morpholine rings is 1. The second kappa shape index (κ2) is 7.89. The van der Waals surface area contributed by atoms with Crippen LogP contribution in [0, 0.1) is 0 Å². The number of ether oxygens (including phenoxy) is 1. The van der Waals surface area contributed by atoms with Crippen LogP contribution in [-0.4, -0.2) is 55.8 Å². The molecule has 0 unspecified atom stereocenters. The number of hydrogen-bond acceptors (Lipinski definition) is 7. The molecule has 1 fully saturated rings. The van der Waals surface area contributed by atoms with Gasteiger partial charge in [-0.05, 0) is 35.7 Å². The summed E-state index contributed by atoms with van der Waals surface area (Å²) in [6, 6.07) is 9.91. The molecule has 0 saturated carbocycles. The van der Waals surface area contributed by atoms with Gasteiger partial charge in [0, 0.05) is 31.5 Å². The Morgan fingerprint density at radius 2 is 2.00 bits per heavy atom. The number of aromatic nitrogens is 2. The quantitative estimate of drug-likeness (QED) is 0.730. The van der Waals surface area contributed by atoms with Gasteiger partial charge >= 0.3 is 0 Å². The molecule has 140 valence electrons. The highest BCUT2D eigenvalue weighted by Gasteiger charge is 2.14. The minimum atomic E-state index is -0.0846. The third kappa shape index (κ3) is 4.01. The lowest BCUT2D eigenvalue weighted by Gasteiger charge is -2.28. The summed E-state index contributed by atoms with van der Waals surface area (Å²) in [4.78, 5) is 26.1. The Kier molecular flexibility index (Phi) is 5.17. The van der Waals surface area contributed by atoms with Crippen LogP contribution < -0.4 is 15.1 Å². The molecular formula is C19H21N5O2S. The van der Waals surface area contributed by atoms with Crippen molar-refractivity contribution >= 4 is 44.7 Å². The van der Waals surface area contributed by atoms with Crippen molar-refractivity contribution in [1.82, 2.24) is 9.97 Å². The number of nitrogens with zero attached hydrogens (tertiary/aromatic N) is 4. The zero-order valence-electron chi connectivity index (χ0n) is 15.1. The zero-order valence-corrected chi connectivity index (χ0v) is 15.9. The number of carbonyl (C=O) groups excluding carboxylic acids is 1. The van der Waals surface area contributed by atoms with E-state index in [1.54, 1.807) is 11.3 Å². The summed E-state index contributed by atoms with van der Waals surface area (Å²) < 4.78 is 5.38. The fourth-order valence-corrected chi connectivity index (χ4v) is 3.88. The lowest BCUT2D eigenvalue weighted by atomic mass is 10.2. The Bertz CT molecular complexity index is 921. The fraction of sp³-hybridized carbons (Fsp3) is 0.316. The molecule has 27 heavy (non-hydrogen) atoms. The number of hydrogen-bond donors (Lipinski definition) is 1. The maximum Gasteiger partial charge on any atom is 0.243 e. The van der Waals surface area contributed by atoms with E-state index in [2.05, 4.69) is 20.2 Å². The zero-order chi connectivity index (χ0) is 18.6. The van der Waals surface area contributed by atoms with Gasteiger partial charge in [0.25, 0.3) is 0 Å². The molecule has 8 heteroatoms. The third-order valence-electron chi connectivity index (χ3n) is 4.51. The number of likely N-dealkylation sites (N-methyl/N-ethyl adjacent to an activating group) is 1. The first-order valence-corrected chi connectivity index (χ1v) is 9.70. The first kappa shape index (κ1) is 17.7. The van der Waals surface area contributed by atoms with Crippen LogP contribution in [0.2, 0.25) is 0 Å². The number of fused-ring (bicyclic) bond motifs is 1. The summed E-state index contributed by atoms with van der Waals surface area (Å²) in [5, 5.41) is 5.89. The minimum Gasteiger partial charge on any atom is -0.378 e. The predicted molar refractivity (Wildman–Crippen MR) is 109 cm³/mol. The molecule has 1 N–H and O–H groups in total. The van der Waals surface area contributed by atoms with Crippen LogP contribution in [0.4, 0.5) is 17.2 Å². The standard InChI is InChI=1S/C19H21N5O2S/c1-23(18-16-6-11-27-19(16)21-13-20-18)12-17(25)22-14-2-4-15(5-3-14)24-7-9-26-10-8-24/h2-6,11,13H,7-10,12H2,1H3,(H,22,25). The maximum atomic E-state index is 12.4. The van der Waals surface area contributed by atoms with E-state index in [0.717, 1.165) is 53.7 Å². The molecule has 1 amide bonds. The molecule has 7 nitrogen and oxygen atoms in total. The summed E-state index contributed by atoms with van der Waals surface area (Å²) in [7, 11) is 1.86. The van der Waals surface area contributed by atoms with E-state index in [0.29, 0.717) is 0 Å². The van der Waals surface area contributed by atoms with Crippen molar-refractivity contribution in [2.45, 2.75) is 0 Å². The normalized spacial score (nSPS) is 14.3. The van der Waals surface area contributed by atoms with Crippen LogP contribution in [0.15, 0.2) is 42.0 Å². The highest BCUT2D eigenvalue weighted by Crippen LogP contribution is 2.26. The van der Waals surface area contributed by atoms with Crippen molar-refractivity contribution in [2.24, 2.45) is 0 Å². The average molecular weight is 383 g/mol. The summed E-state index contributed by atoms with van der Waals surface area (Å²) in [6.45, 7) is 3.52. The molecule has 2 aromatic heterocycles. The summed E-state index contributed by atoms with van der Waals surface area (Å²) in [5.41, 5.74) is 1.93. The van der Waals surface area contributed by atoms with E-state index >= 15 is 0 Å². The van der Waals surface area contributed by atoms with Crippen molar-refractivity contribution < 1.29 is 9.53 Å². The number of carbonyl (C=O) groups is 1. The molecule has 3 aromatic rings. The third-order valence-corrected chi connectivity index (χ3v) is 5.33. The average Bonchev–Trinajstić information content (AvgIpc) is 3.18. The summed E-state index contributed by atoms with van der Waals surface area (Å²) >= 11 is 1.56. The monoisotopic (exact) mass is 383 g/mol. The molecule has 1 saturated heterocycles. The number of amides is 1. The molecule has 1 aromatic carbocycles. The lowest BCUT2D eigenvalue weighted by molar-refractivity contribution is -0.114. The minimum absolute atomic E-state index is 0.0846. The lowest BCUT2D eigenvalue weighted by Crippen LogP contribution is -2.36. The molecule has 3 heterocycles. The predicted octanol–water partition coefficient (Wildman–Crippen LogP) is 2.60. The second-order valence-corrected chi connectivity index (χ2v) is 7.28. The van der Waals surface area contributed by atoms with Crippen molar-refractivity contribution in [3.05, 3.63) is 42.0 Å². The number of benzene rings is 1. The fourth-order valence-electron chi connectivity index (χ4n) is 3.15. The molecule has 0 spiro atoms. The SMILES string of the molecule is CN(CC(=O)Nc1ccc(N2CCOCC2)cc1)c1ncnc2sccc12. The Labute approximate surface area is 161 Å². The number of rotatable bonds is 5. The van der Waals surface area contributed by atoms with Gasteiger partial charge < -0.3 is 19.9 Å². The van der Waals surface area contributed by atoms with E-state index in [9.17, 15) is 4.79 Å². The van der Waals surface area contributed by atoms with Crippen molar-refractivity contribution in [3.8, 4) is 0 Å². The maximum absolute atomic E-state index is 12.4. The smallest absolute Gasteiger partial charge is 0.243 e. The van der Waals surface area contributed by atoms with Crippen molar-refractivity contribution in [1.29, 1.82) is 0 Å². The van der Waals surface area contributed by atoms with Crippen molar-refractivity contribution in [3.63, 3.8) is 0 Å². The van der Waals surface area contributed by atoms with Gasteiger partial charge in [0.15, 0.2) is 0 Å².